The van der Waals surface area contributed by atoms with Crippen molar-refractivity contribution in [3.8, 4) is 6.07 Å². The topological polar surface area (TPSA) is 88.4 Å². The molecule has 2 aromatic carbocycles. The van der Waals surface area contributed by atoms with Gasteiger partial charge in [0.1, 0.15) is 13.2 Å². The van der Waals surface area contributed by atoms with Crippen molar-refractivity contribution in [3.05, 3.63) is 98.9 Å². The first-order valence-corrected chi connectivity index (χ1v) is 11.6. The standard InChI is InChI=1S/C28H27ClN2O4/c1-18(15-21-9-5-4-6-10-21)17-35-28(33)25-20(3)31-19(2)24(27(32)34-14-8-13-30)26(25)22-11-7-12-23(29)16-22/h4-7,9-12,15-16,26,31H,8,14,17H2,1-3H3/b18-15+. The summed E-state index contributed by atoms with van der Waals surface area (Å²) in [5, 5.41) is 12.4. The summed E-state index contributed by atoms with van der Waals surface area (Å²) in [5.41, 5.74) is 4.26. The summed E-state index contributed by atoms with van der Waals surface area (Å²) in [6.07, 6.45) is 2.02. The number of nitrogens with one attached hydrogen (secondary N) is 1. The van der Waals surface area contributed by atoms with E-state index in [0.29, 0.717) is 27.6 Å². The van der Waals surface area contributed by atoms with Crippen LogP contribution in [0, 0.1) is 11.3 Å². The van der Waals surface area contributed by atoms with E-state index in [2.05, 4.69) is 5.32 Å². The number of nitrogens with zero attached hydrogens (tertiary/aromatic N) is 1. The van der Waals surface area contributed by atoms with Crippen LogP contribution in [0.25, 0.3) is 6.08 Å². The van der Waals surface area contributed by atoms with Gasteiger partial charge in [0.05, 0.1) is 29.6 Å². The number of hydrogen-bond donors (Lipinski definition) is 1. The van der Waals surface area contributed by atoms with Crippen LogP contribution in [0.1, 0.15) is 44.2 Å². The Labute approximate surface area is 210 Å². The summed E-state index contributed by atoms with van der Waals surface area (Å²) in [4.78, 5) is 26.4. The summed E-state index contributed by atoms with van der Waals surface area (Å²) < 4.78 is 11.0. The molecule has 1 unspecified atom stereocenters. The van der Waals surface area contributed by atoms with E-state index in [1.807, 2.05) is 49.4 Å². The monoisotopic (exact) mass is 490 g/mol. The average molecular weight is 491 g/mol. The van der Waals surface area contributed by atoms with E-state index in [1.165, 1.54) is 0 Å². The zero-order valence-electron chi connectivity index (χ0n) is 19.9. The predicted molar refractivity (Wildman–Crippen MR) is 135 cm³/mol. The number of benzene rings is 2. The molecule has 6 nitrogen and oxygen atoms in total. The van der Waals surface area contributed by atoms with Gasteiger partial charge in [-0.25, -0.2) is 9.59 Å². The van der Waals surface area contributed by atoms with Crippen LogP contribution in [0.5, 0.6) is 0 Å². The second-order valence-corrected chi connectivity index (χ2v) is 8.65. The highest BCUT2D eigenvalue weighted by Gasteiger charge is 2.38. The second kappa shape index (κ2) is 12.0. The molecule has 1 aliphatic rings. The molecule has 0 bridgehead atoms. The van der Waals surface area contributed by atoms with Gasteiger partial charge in [-0.1, -0.05) is 60.1 Å². The van der Waals surface area contributed by atoms with Crippen LogP contribution in [0.4, 0.5) is 0 Å². The SMILES string of the molecule is CC1=C(C(=O)OCCC#N)C(c2cccc(Cl)c2)C(C(=O)OC/C(C)=C/c2ccccc2)=C(C)N1. The molecule has 0 spiro atoms. The number of carbonyl (C=O) groups is 2. The van der Waals surface area contributed by atoms with E-state index in [9.17, 15) is 9.59 Å². The van der Waals surface area contributed by atoms with Gasteiger partial charge in [-0.2, -0.15) is 5.26 Å². The molecule has 7 heteroatoms. The minimum absolute atomic E-state index is 0.0413. The summed E-state index contributed by atoms with van der Waals surface area (Å²) in [6, 6.07) is 18.7. The van der Waals surface area contributed by atoms with E-state index < -0.39 is 17.9 Å². The highest BCUT2D eigenvalue weighted by molar-refractivity contribution is 6.30. The van der Waals surface area contributed by atoms with E-state index in [4.69, 9.17) is 26.3 Å². The lowest BCUT2D eigenvalue weighted by Crippen LogP contribution is -2.32. The van der Waals surface area contributed by atoms with E-state index in [-0.39, 0.29) is 25.2 Å². The maximum absolute atomic E-state index is 13.4. The minimum Gasteiger partial charge on any atom is -0.461 e. The zero-order chi connectivity index (χ0) is 25.4. The van der Waals surface area contributed by atoms with Crippen molar-refractivity contribution < 1.29 is 19.1 Å². The van der Waals surface area contributed by atoms with Crippen molar-refractivity contribution in [1.29, 1.82) is 5.26 Å². The number of nitriles is 1. The molecule has 2 aromatic rings. The van der Waals surface area contributed by atoms with E-state index in [0.717, 1.165) is 11.1 Å². The Kier molecular flexibility index (Phi) is 8.88. The van der Waals surface area contributed by atoms with E-state index in [1.54, 1.807) is 38.1 Å². The number of rotatable bonds is 8. The van der Waals surface area contributed by atoms with Crippen molar-refractivity contribution in [2.45, 2.75) is 33.1 Å². The van der Waals surface area contributed by atoms with Crippen molar-refractivity contribution in [2.75, 3.05) is 13.2 Å². The highest BCUT2D eigenvalue weighted by Crippen LogP contribution is 2.40. The van der Waals surface area contributed by atoms with Crippen LogP contribution in [0.3, 0.4) is 0 Å². The molecule has 0 aromatic heterocycles. The van der Waals surface area contributed by atoms with Crippen molar-refractivity contribution in [2.24, 2.45) is 0 Å². The third kappa shape index (κ3) is 6.62. The number of allylic oxidation sites excluding steroid dienone is 2. The molecule has 0 saturated carbocycles. The molecule has 0 radical (unpaired) electrons. The Hall–Kier alpha value is -3.82. The fourth-order valence-electron chi connectivity index (χ4n) is 3.95. The van der Waals surface area contributed by atoms with Gasteiger partial charge in [-0.05, 0) is 49.6 Å². The lowest BCUT2D eigenvalue weighted by Gasteiger charge is -2.30. The molecule has 0 saturated heterocycles. The van der Waals surface area contributed by atoms with Gasteiger partial charge < -0.3 is 14.8 Å². The smallest absolute Gasteiger partial charge is 0.337 e. The summed E-state index contributed by atoms with van der Waals surface area (Å²) in [7, 11) is 0. The number of halogens is 1. The van der Waals surface area contributed by atoms with Crippen LogP contribution in [0.15, 0.2) is 82.7 Å². The minimum atomic E-state index is -0.740. The first-order valence-electron chi connectivity index (χ1n) is 11.2. The van der Waals surface area contributed by atoms with E-state index >= 15 is 0 Å². The summed E-state index contributed by atoms with van der Waals surface area (Å²) >= 11 is 6.25. The Morgan fingerprint density at radius 3 is 2.31 bits per heavy atom. The third-order valence-electron chi connectivity index (χ3n) is 5.47. The lowest BCUT2D eigenvalue weighted by molar-refractivity contribution is -0.139. The molecular formula is C28H27ClN2O4. The molecule has 0 fully saturated rings. The van der Waals surface area contributed by atoms with Crippen LogP contribution in [-0.2, 0) is 19.1 Å². The van der Waals surface area contributed by atoms with Gasteiger partial charge in [0.25, 0.3) is 0 Å². The van der Waals surface area contributed by atoms with Crippen LogP contribution < -0.4 is 5.32 Å². The molecule has 1 aliphatic heterocycles. The van der Waals surface area contributed by atoms with Gasteiger partial charge in [0, 0.05) is 16.4 Å². The molecule has 3 rings (SSSR count). The van der Waals surface area contributed by atoms with Crippen molar-refractivity contribution >= 4 is 29.6 Å². The number of dihydropyridines is 1. The molecule has 1 N–H and O–H groups in total. The molecule has 0 aliphatic carbocycles. The fraction of sp³-hybridized carbons (Fsp3) is 0.250. The molecule has 35 heavy (non-hydrogen) atoms. The van der Waals surface area contributed by atoms with Gasteiger partial charge in [-0.3, -0.25) is 0 Å². The molecule has 0 amide bonds. The van der Waals surface area contributed by atoms with Crippen molar-refractivity contribution in [1.82, 2.24) is 5.32 Å². The van der Waals surface area contributed by atoms with Gasteiger partial charge >= 0.3 is 11.9 Å². The second-order valence-electron chi connectivity index (χ2n) is 8.21. The molecule has 180 valence electrons. The summed E-state index contributed by atoms with van der Waals surface area (Å²) in [5.74, 6) is -1.89. The Bertz CT molecular complexity index is 1240. The Morgan fingerprint density at radius 2 is 1.69 bits per heavy atom. The van der Waals surface area contributed by atoms with Crippen LogP contribution in [-0.4, -0.2) is 25.2 Å². The zero-order valence-corrected chi connectivity index (χ0v) is 20.7. The Morgan fingerprint density at radius 1 is 1.03 bits per heavy atom. The number of esters is 2. The number of carbonyl (C=O) groups excluding carboxylic acids is 2. The maximum atomic E-state index is 13.4. The predicted octanol–water partition coefficient (Wildman–Crippen LogP) is 5.68. The summed E-state index contributed by atoms with van der Waals surface area (Å²) in [6.45, 7) is 5.45. The van der Waals surface area contributed by atoms with Gasteiger partial charge in [0.2, 0.25) is 0 Å². The number of hydrogen-bond acceptors (Lipinski definition) is 6. The average Bonchev–Trinajstić information content (AvgIpc) is 2.82. The first-order chi connectivity index (χ1) is 16.8. The quantitative estimate of drug-likeness (QED) is 0.378. The van der Waals surface area contributed by atoms with Crippen LogP contribution in [0.2, 0.25) is 5.02 Å². The number of ether oxygens (including phenoxy) is 2. The highest BCUT2D eigenvalue weighted by atomic mass is 35.5. The van der Waals surface area contributed by atoms with Gasteiger partial charge in [-0.15, -0.1) is 0 Å². The first kappa shape index (κ1) is 25.8. The van der Waals surface area contributed by atoms with Crippen LogP contribution >= 0.6 is 11.6 Å². The maximum Gasteiger partial charge on any atom is 0.337 e. The Balaban J connectivity index is 1.92. The fourth-order valence-corrected chi connectivity index (χ4v) is 4.15. The lowest BCUT2D eigenvalue weighted by atomic mass is 9.80. The largest absolute Gasteiger partial charge is 0.461 e. The molecular weight excluding hydrogens is 464 g/mol. The normalized spacial score (nSPS) is 15.9. The van der Waals surface area contributed by atoms with Gasteiger partial charge in [0.15, 0.2) is 0 Å². The molecule has 1 atom stereocenters. The third-order valence-corrected chi connectivity index (χ3v) is 5.71. The van der Waals surface area contributed by atoms with Crippen molar-refractivity contribution in [3.63, 3.8) is 0 Å². The molecule has 1 heterocycles.